The van der Waals surface area contributed by atoms with Crippen LogP contribution in [0, 0.1) is 11.8 Å². The molecule has 2 aromatic rings. The largest absolute Gasteiger partial charge is 0.492 e. The number of nitrogens with zero attached hydrogens (tertiary/aromatic N) is 2. The van der Waals surface area contributed by atoms with E-state index < -0.39 is 5.60 Å². The Morgan fingerprint density at radius 3 is 2.33 bits per heavy atom. The van der Waals surface area contributed by atoms with Crippen LogP contribution in [0.4, 0.5) is 0 Å². The average Bonchev–Trinajstić information content (AvgIpc) is 2.93. The Balaban J connectivity index is 1.41. The Hall–Kier alpha value is -2.36. The summed E-state index contributed by atoms with van der Waals surface area (Å²) in [4.78, 5) is 4.92. The summed E-state index contributed by atoms with van der Waals surface area (Å²) >= 11 is 0. The fraction of sp³-hybridized carbons (Fsp3) is 0.500. The van der Waals surface area contributed by atoms with Gasteiger partial charge in [-0.3, -0.25) is 9.80 Å². The van der Waals surface area contributed by atoms with Crippen LogP contribution in [-0.2, 0) is 24.4 Å². The molecule has 2 heterocycles. The van der Waals surface area contributed by atoms with Crippen molar-refractivity contribution >= 4 is 0 Å². The van der Waals surface area contributed by atoms with E-state index >= 15 is 0 Å². The molecular weight excluding hydrogens is 412 g/mol. The Kier molecular flexibility index (Phi) is 7.41. The quantitative estimate of drug-likeness (QED) is 0.721. The number of fused-ring (bicyclic) bond motifs is 1. The van der Waals surface area contributed by atoms with Crippen LogP contribution in [0.3, 0.4) is 0 Å². The fourth-order valence-corrected chi connectivity index (χ4v) is 4.58. The number of benzene rings is 2. The Morgan fingerprint density at radius 2 is 1.64 bits per heavy atom. The van der Waals surface area contributed by atoms with Gasteiger partial charge in [-0.05, 0) is 63.1 Å². The topological polar surface area (TPSA) is 45.2 Å². The van der Waals surface area contributed by atoms with Gasteiger partial charge in [0.25, 0.3) is 0 Å². The van der Waals surface area contributed by atoms with Crippen molar-refractivity contribution in [2.24, 2.45) is 0 Å². The van der Waals surface area contributed by atoms with Gasteiger partial charge in [0.05, 0.1) is 12.2 Å². The molecular formula is C28H36N2O3. The summed E-state index contributed by atoms with van der Waals surface area (Å²) in [5, 5.41) is 9.79. The molecule has 0 saturated carbocycles. The van der Waals surface area contributed by atoms with Crippen LogP contribution >= 0.6 is 0 Å². The summed E-state index contributed by atoms with van der Waals surface area (Å²) in [6, 6.07) is 15.0. The van der Waals surface area contributed by atoms with E-state index in [0.29, 0.717) is 6.61 Å². The SMILES string of the molecule is C[C@@H]1CN(Cc2ccc3c(c2)CN(Cc2ccc(C#CC(C)(C)O)cc2)CCO3)C[C@H](C)O1. The molecule has 4 rings (SSSR count). The van der Waals surface area contributed by atoms with Crippen molar-refractivity contribution in [2.75, 3.05) is 26.2 Å². The molecule has 5 nitrogen and oxygen atoms in total. The van der Waals surface area contributed by atoms with Crippen molar-refractivity contribution in [2.45, 2.75) is 65.1 Å². The molecule has 0 amide bonds. The first-order valence-corrected chi connectivity index (χ1v) is 11.9. The van der Waals surface area contributed by atoms with Gasteiger partial charge in [-0.25, -0.2) is 0 Å². The normalized spacial score (nSPS) is 22.0. The van der Waals surface area contributed by atoms with Crippen LogP contribution in [0.15, 0.2) is 42.5 Å². The highest BCUT2D eigenvalue weighted by atomic mass is 16.5. The van der Waals surface area contributed by atoms with E-state index in [2.05, 4.69) is 65.8 Å². The molecule has 0 radical (unpaired) electrons. The maximum atomic E-state index is 9.79. The zero-order valence-corrected chi connectivity index (χ0v) is 20.3. The molecule has 1 saturated heterocycles. The third-order valence-electron chi connectivity index (χ3n) is 5.96. The number of aliphatic hydroxyl groups is 1. The van der Waals surface area contributed by atoms with Gasteiger partial charge in [-0.15, -0.1) is 0 Å². The molecule has 0 aliphatic carbocycles. The minimum atomic E-state index is -0.977. The van der Waals surface area contributed by atoms with Crippen molar-refractivity contribution in [3.8, 4) is 17.6 Å². The maximum Gasteiger partial charge on any atom is 0.123 e. The first-order valence-electron chi connectivity index (χ1n) is 11.9. The molecule has 2 aromatic carbocycles. The van der Waals surface area contributed by atoms with Gasteiger partial charge < -0.3 is 14.6 Å². The molecule has 0 spiro atoms. The van der Waals surface area contributed by atoms with Crippen LogP contribution in [0.1, 0.15) is 49.9 Å². The standard InChI is InChI=1S/C28H36N2O3/c1-21-16-30(17-22(2)33-21)19-25-9-10-27-26(15-25)20-29(13-14-32-27)18-24-7-5-23(6-8-24)11-12-28(3,4)31/h5-10,15,21-22,31H,13-14,16-20H2,1-4H3/t21-,22+. The molecule has 1 N–H and O–H groups in total. The number of hydrogen-bond donors (Lipinski definition) is 1. The summed E-state index contributed by atoms with van der Waals surface area (Å²) in [5.74, 6) is 6.91. The molecule has 33 heavy (non-hydrogen) atoms. The van der Waals surface area contributed by atoms with E-state index in [1.54, 1.807) is 13.8 Å². The highest BCUT2D eigenvalue weighted by Gasteiger charge is 2.23. The second kappa shape index (κ2) is 10.3. The van der Waals surface area contributed by atoms with Gasteiger partial charge in [-0.2, -0.15) is 0 Å². The van der Waals surface area contributed by atoms with Crippen molar-refractivity contribution < 1.29 is 14.6 Å². The van der Waals surface area contributed by atoms with Crippen molar-refractivity contribution in [3.05, 3.63) is 64.7 Å². The van der Waals surface area contributed by atoms with Gasteiger partial charge in [0.15, 0.2) is 0 Å². The van der Waals surface area contributed by atoms with Crippen molar-refractivity contribution in [1.29, 1.82) is 0 Å². The van der Waals surface area contributed by atoms with Gasteiger partial charge >= 0.3 is 0 Å². The predicted octanol–water partition coefficient (Wildman–Crippen LogP) is 3.81. The molecule has 0 bridgehead atoms. The Morgan fingerprint density at radius 1 is 0.970 bits per heavy atom. The van der Waals surface area contributed by atoms with Crippen LogP contribution in [0.2, 0.25) is 0 Å². The second-order valence-electron chi connectivity index (χ2n) is 9.96. The lowest BCUT2D eigenvalue weighted by Crippen LogP contribution is -2.44. The lowest BCUT2D eigenvalue weighted by Gasteiger charge is -2.35. The Labute approximate surface area is 198 Å². The first kappa shape index (κ1) is 23.8. The lowest BCUT2D eigenvalue weighted by molar-refractivity contribution is -0.0704. The van der Waals surface area contributed by atoms with E-state index in [4.69, 9.17) is 9.47 Å². The fourth-order valence-electron chi connectivity index (χ4n) is 4.58. The first-order chi connectivity index (χ1) is 15.7. The summed E-state index contributed by atoms with van der Waals surface area (Å²) in [6.07, 6.45) is 0.557. The molecule has 5 heteroatoms. The highest BCUT2D eigenvalue weighted by Crippen LogP contribution is 2.26. The number of morpholine rings is 1. The summed E-state index contributed by atoms with van der Waals surface area (Å²) in [5.41, 5.74) is 3.78. The van der Waals surface area contributed by atoms with Gasteiger partial charge in [0, 0.05) is 50.4 Å². The van der Waals surface area contributed by atoms with Crippen LogP contribution in [0.25, 0.3) is 0 Å². The predicted molar refractivity (Wildman–Crippen MR) is 131 cm³/mol. The number of hydrogen-bond acceptors (Lipinski definition) is 5. The molecule has 2 aliphatic heterocycles. The third kappa shape index (κ3) is 7.06. The third-order valence-corrected chi connectivity index (χ3v) is 5.96. The molecule has 2 atom stereocenters. The summed E-state index contributed by atoms with van der Waals surface area (Å²) in [6.45, 7) is 13.9. The van der Waals surface area contributed by atoms with Crippen molar-refractivity contribution in [1.82, 2.24) is 9.80 Å². The lowest BCUT2D eigenvalue weighted by atomic mass is 10.1. The van der Waals surface area contributed by atoms with E-state index in [-0.39, 0.29) is 12.2 Å². The van der Waals surface area contributed by atoms with E-state index in [1.165, 1.54) is 16.7 Å². The van der Waals surface area contributed by atoms with E-state index in [9.17, 15) is 5.11 Å². The number of rotatable bonds is 4. The van der Waals surface area contributed by atoms with Gasteiger partial charge in [-0.1, -0.05) is 30.0 Å². The van der Waals surface area contributed by atoms with Crippen LogP contribution in [-0.4, -0.2) is 59.0 Å². The monoisotopic (exact) mass is 448 g/mol. The minimum absolute atomic E-state index is 0.279. The van der Waals surface area contributed by atoms with Crippen molar-refractivity contribution in [3.63, 3.8) is 0 Å². The minimum Gasteiger partial charge on any atom is -0.492 e. The summed E-state index contributed by atoms with van der Waals surface area (Å²) < 4.78 is 11.9. The zero-order chi connectivity index (χ0) is 23.4. The van der Waals surface area contributed by atoms with E-state index in [1.807, 2.05) is 12.1 Å². The van der Waals surface area contributed by atoms with E-state index in [0.717, 1.165) is 50.6 Å². The van der Waals surface area contributed by atoms with Gasteiger partial charge in [0.2, 0.25) is 0 Å². The second-order valence-corrected chi connectivity index (χ2v) is 9.96. The smallest absolute Gasteiger partial charge is 0.123 e. The molecule has 2 aliphatic rings. The molecule has 176 valence electrons. The molecule has 0 unspecified atom stereocenters. The van der Waals surface area contributed by atoms with Crippen LogP contribution in [0.5, 0.6) is 5.75 Å². The maximum absolute atomic E-state index is 9.79. The molecule has 1 fully saturated rings. The number of ether oxygens (including phenoxy) is 2. The summed E-state index contributed by atoms with van der Waals surface area (Å²) in [7, 11) is 0. The Bertz CT molecular complexity index is 991. The van der Waals surface area contributed by atoms with Gasteiger partial charge in [0.1, 0.15) is 18.0 Å². The average molecular weight is 449 g/mol. The highest BCUT2D eigenvalue weighted by molar-refractivity contribution is 5.39. The van der Waals surface area contributed by atoms with Crippen LogP contribution < -0.4 is 4.74 Å². The zero-order valence-electron chi connectivity index (χ0n) is 20.3. The molecule has 0 aromatic heterocycles.